The van der Waals surface area contributed by atoms with Crippen molar-refractivity contribution in [1.29, 1.82) is 0 Å². The monoisotopic (exact) mass is 315 g/mol. The molecule has 0 bridgehead atoms. The van der Waals surface area contributed by atoms with Gasteiger partial charge in [-0.15, -0.1) is 0 Å². The number of esters is 1. The Kier molecular flexibility index (Phi) is 5.18. The molecule has 0 radical (unpaired) electrons. The number of aryl methyl sites for hydroxylation is 1. The molecule has 0 aliphatic heterocycles. The second-order valence-electron chi connectivity index (χ2n) is 7.62. The molecule has 1 atom stereocenters. The average Bonchev–Trinajstić information content (AvgIpc) is 2.43. The number of allylic oxidation sites excluding steroid dienone is 1. The van der Waals surface area contributed by atoms with E-state index in [1.165, 1.54) is 22.4 Å². The Balaban J connectivity index is 2.27. The van der Waals surface area contributed by atoms with Crippen LogP contribution < -0.4 is 0 Å². The van der Waals surface area contributed by atoms with Crippen LogP contribution in [0.3, 0.4) is 0 Å². The van der Waals surface area contributed by atoms with Crippen molar-refractivity contribution < 1.29 is 9.53 Å². The van der Waals surface area contributed by atoms with Gasteiger partial charge in [-0.3, -0.25) is 4.79 Å². The fraction of sp³-hybridized carbons (Fsp3) is 0.550. The van der Waals surface area contributed by atoms with Crippen LogP contribution in [0.4, 0.5) is 0 Å². The number of carbonyl (C=O) groups excluding carboxylic acids is 1. The topological polar surface area (TPSA) is 29.5 Å². The Morgan fingerprint density at radius 1 is 1.22 bits per heavy atom. The zero-order valence-electron chi connectivity index (χ0n) is 15.3. The van der Waals surface area contributed by atoms with Gasteiger partial charge in [0.1, 0.15) is 5.60 Å². The number of rotatable bonds is 4. The number of benzene rings is 1. The van der Waals surface area contributed by atoms with Crippen LogP contribution in [0.1, 0.15) is 51.7 Å². The molecule has 1 aliphatic carbocycles. The van der Waals surface area contributed by atoms with Crippen molar-refractivity contribution >= 4 is 11.7 Å². The molecule has 1 aromatic rings. The lowest BCUT2D eigenvalue weighted by atomic mass is 9.82. The first-order valence-corrected chi connectivity index (χ1v) is 8.39. The Labute approximate surface area is 140 Å². The van der Waals surface area contributed by atoms with Gasteiger partial charge in [0.15, 0.2) is 0 Å². The number of carbonyl (C=O) groups is 1. The lowest BCUT2D eigenvalue weighted by molar-refractivity contribution is -0.155. The summed E-state index contributed by atoms with van der Waals surface area (Å²) in [6.07, 6.45) is 2.49. The van der Waals surface area contributed by atoms with E-state index in [0.29, 0.717) is 6.42 Å². The summed E-state index contributed by atoms with van der Waals surface area (Å²) in [5.41, 5.74) is 4.90. The molecule has 0 heterocycles. The highest BCUT2D eigenvalue weighted by atomic mass is 16.6. The smallest absolute Gasteiger partial charge is 0.306 e. The molecule has 0 spiro atoms. The lowest BCUT2D eigenvalue weighted by Gasteiger charge is -2.31. The van der Waals surface area contributed by atoms with Crippen LogP contribution in [0.25, 0.3) is 5.70 Å². The van der Waals surface area contributed by atoms with Crippen molar-refractivity contribution in [2.45, 2.75) is 52.6 Å². The second kappa shape index (κ2) is 6.77. The highest BCUT2D eigenvalue weighted by Crippen LogP contribution is 2.37. The van der Waals surface area contributed by atoms with E-state index < -0.39 is 5.60 Å². The van der Waals surface area contributed by atoms with Crippen LogP contribution in [-0.2, 0) is 16.0 Å². The normalized spacial score (nSPS) is 15.9. The van der Waals surface area contributed by atoms with Crippen molar-refractivity contribution in [3.05, 3.63) is 41.0 Å². The van der Waals surface area contributed by atoms with Crippen molar-refractivity contribution in [2.24, 2.45) is 5.92 Å². The van der Waals surface area contributed by atoms with Crippen LogP contribution in [0.15, 0.2) is 29.8 Å². The predicted octanol–water partition coefficient (Wildman–Crippen LogP) is 4.27. The number of hydrogen-bond acceptors (Lipinski definition) is 3. The third kappa shape index (κ3) is 4.37. The molecule has 23 heavy (non-hydrogen) atoms. The van der Waals surface area contributed by atoms with Crippen molar-refractivity contribution in [1.82, 2.24) is 4.90 Å². The first kappa shape index (κ1) is 17.6. The minimum Gasteiger partial charge on any atom is -0.460 e. The van der Waals surface area contributed by atoms with Crippen molar-refractivity contribution in [3.63, 3.8) is 0 Å². The van der Waals surface area contributed by atoms with Crippen LogP contribution >= 0.6 is 0 Å². The van der Waals surface area contributed by atoms with Crippen LogP contribution in [0.2, 0.25) is 0 Å². The van der Waals surface area contributed by atoms with Gasteiger partial charge in [0.25, 0.3) is 0 Å². The van der Waals surface area contributed by atoms with Gasteiger partial charge >= 0.3 is 5.97 Å². The highest BCUT2D eigenvalue weighted by Gasteiger charge is 2.26. The summed E-state index contributed by atoms with van der Waals surface area (Å²) in [5.74, 6) is 0.0741. The summed E-state index contributed by atoms with van der Waals surface area (Å²) in [5, 5.41) is 0. The molecule has 3 heteroatoms. The third-order valence-corrected chi connectivity index (χ3v) is 4.18. The van der Waals surface area contributed by atoms with Gasteiger partial charge in [-0.05, 0) is 50.7 Å². The summed E-state index contributed by atoms with van der Waals surface area (Å²) < 4.78 is 5.49. The van der Waals surface area contributed by atoms with Gasteiger partial charge in [0.05, 0.1) is 6.42 Å². The molecule has 0 aromatic heterocycles. The van der Waals surface area contributed by atoms with E-state index in [1.807, 2.05) is 20.8 Å². The molecule has 0 amide bonds. The number of hydrogen-bond donors (Lipinski definition) is 0. The Hall–Kier alpha value is -1.77. The lowest BCUT2D eigenvalue weighted by Crippen LogP contribution is -2.26. The Morgan fingerprint density at radius 3 is 2.48 bits per heavy atom. The molecule has 0 unspecified atom stereocenters. The third-order valence-electron chi connectivity index (χ3n) is 4.18. The fourth-order valence-electron chi connectivity index (χ4n) is 3.29. The molecule has 0 N–H and O–H groups in total. The minimum absolute atomic E-state index is 0.116. The van der Waals surface area contributed by atoms with Gasteiger partial charge in [-0.25, -0.2) is 0 Å². The molecular formula is C20H29NO2. The zero-order valence-corrected chi connectivity index (χ0v) is 15.3. The molecule has 2 rings (SSSR count). The van der Waals surface area contributed by atoms with Crippen molar-refractivity contribution in [3.8, 4) is 0 Å². The van der Waals surface area contributed by atoms with Gasteiger partial charge in [0, 0.05) is 25.4 Å². The maximum atomic E-state index is 12.2. The van der Waals surface area contributed by atoms with Crippen LogP contribution in [0.5, 0.6) is 0 Å². The molecule has 0 saturated heterocycles. The van der Waals surface area contributed by atoms with E-state index in [-0.39, 0.29) is 11.9 Å². The first-order valence-electron chi connectivity index (χ1n) is 8.39. The maximum Gasteiger partial charge on any atom is 0.306 e. The summed E-state index contributed by atoms with van der Waals surface area (Å²) in [7, 11) is 4.16. The molecule has 1 aromatic carbocycles. The molecule has 0 fully saturated rings. The number of ether oxygens (including phenoxy) is 1. The quantitative estimate of drug-likeness (QED) is 0.777. The minimum atomic E-state index is -0.422. The van der Waals surface area contributed by atoms with Crippen molar-refractivity contribution in [2.75, 3.05) is 14.1 Å². The van der Waals surface area contributed by atoms with E-state index in [2.05, 4.69) is 50.2 Å². The summed E-state index contributed by atoms with van der Waals surface area (Å²) >= 11 is 0. The number of nitrogens with zero attached hydrogens (tertiary/aromatic N) is 1. The van der Waals surface area contributed by atoms with Gasteiger partial charge in [-0.2, -0.15) is 0 Å². The predicted molar refractivity (Wildman–Crippen MR) is 95.0 cm³/mol. The second-order valence-corrected chi connectivity index (χ2v) is 7.62. The van der Waals surface area contributed by atoms with E-state index in [9.17, 15) is 4.79 Å². The zero-order chi connectivity index (χ0) is 17.2. The van der Waals surface area contributed by atoms with Crippen LogP contribution in [-0.4, -0.2) is 30.6 Å². The average molecular weight is 315 g/mol. The van der Waals surface area contributed by atoms with Crippen LogP contribution in [0, 0.1) is 5.92 Å². The Bertz CT molecular complexity index is 608. The fourth-order valence-corrected chi connectivity index (χ4v) is 3.29. The Morgan fingerprint density at radius 2 is 1.87 bits per heavy atom. The van der Waals surface area contributed by atoms with E-state index in [1.54, 1.807) is 0 Å². The molecule has 1 aliphatic rings. The summed E-state index contributed by atoms with van der Waals surface area (Å²) in [4.78, 5) is 14.4. The SMILES string of the molecule is C[C@@H](CC(=O)OC(C)(C)C)C1=C(N(C)C)c2ccccc2CC1. The molecule has 3 nitrogen and oxygen atoms in total. The van der Waals surface area contributed by atoms with E-state index >= 15 is 0 Å². The summed E-state index contributed by atoms with van der Waals surface area (Å²) in [6.45, 7) is 7.88. The first-order chi connectivity index (χ1) is 10.7. The number of fused-ring (bicyclic) bond motifs is 1. The van der Waals surface area contributed by atoms with Gasteiger partial charge < -0.3 is 9.64 Å². The highest BCUT2D eigenvalue weighted by molar-refractivity contribution is 5.75. The summed E-state index contributed by atoms with van der Waals surface area (Å²) in [6, 6.07) is 8.57. The standard InChI is InChI=1S/C20H29NO2/c1-14(13-18(22)23-20(2,3)4)16-12-11-15-9-7-8-10-17(15)19(16)21(5)6/h7-10,14H,11-13H2,1-6H3/t14-/m0/s1. The van der Waals surface area contributed by atoms with E-state index in [4.69, 9.17) is 4.74 Å². The molecule has 0 saturated carbocycles. The maximum absolute atomic E-state index is 12.2. The molecular weight excluding hydrogens is 286 g/mol. The molecule has 126 valence electrons. The van der Waals surface area contributed by atoms with Gasteiger partial charge in [0.2, 0.25) is 0 Å². The van der Waals surface area contributed by atoms with Gasteiger partial charge in [-0.1, -0.05) is 31.2 Å². The largest absolute Gasteiger partial charge is 0.460 e. The van der Waals surface area contributed by atoms with E-state index in [0.717, 1.165) is 12.8 Å².